The van der Waals surface area contributed by atoms with Crippen LogP contribution in [-0.4, -0.2) is 25.0 Å². The fraction of sp³-hybridized carbons (Fsp3) is 0.538. The van der Waals surface area contributed by atoms with Crippen molar-refractivity contribution in [1.29, 1.82) is 0 Å². The molecular weight excluding hydrogens is 390 g/mol. The average Bonchev–Trinajstić information content (AvgIpc) is 2.72. The minimum atomic E-state index is -0.415. The van der Waals surface area contributed by atoms with Gasteiger partial charge in [-0.2, -0.15) is 0 Å². The highest BCUT2D eigenvalue weighted by atomic mass is 16.5. The number of ether oxygens (including phenoxy) is 2. The van der Waals surface area contributed by atoms with Crippen LogP contribution < -0.4 is 10.1 Å². The van der Waals surface area contributed by atoms with Gasteiger partial charge in [-0.25, -0.2) is 4.79 Å². The largest absolute Gasteiger partial charge is 0.497 e. The topological polar surface area (TPSA) is 64.6 Å². The van der Waals surface area contributed by atoms with Gasteiger partial charge in [0.05, 0.1) is 12.7 Å². The van der Waals surface area contributed by atoms with Crippen molar-refractivity contribution in [2.24, 2.45) is 5.41 Å². The van der Waals surface area contributed by atoms with Gasteiger partial charge in [-0.15, -0.1) is 0 Å². The summed E-state index contributed by atoms with van der Waals surface area (Å²) < 4.78 is 11.3. The number of esters is 1. The molecule has 0 saturated heterocycles. The molecule has 1 heterocycles. The fourth-order valence-corrected chi connectivity index (χ4v) is 5.23. The lowest BCUT2D eigenvalue weighted by atomic mass is 9.68. The molecule has 0 radical (unpaired) electrons. The molecule has 0 amide bonds. The van der Waals surface area contributed by atoms with Crippen molar-refractivity contribution in [3.8, 4) is 5.75 Å². The van der Waals surface area contributed by atoms with Gasteiger partial charge in [0, 0.05) is 29.3 Å². The van der Waals surface area contributed by atoms with Gasteiger partial charge in [0.25, 0.3) is 0 Å². The van der Waals surface area contributed by atoms with E-state index in [-0.39, 0.29) is 23.3 Å². The lowest BCUT2D eigenvalue weighted by molar-refractivity contribution is -0.146. The number of carbonyl (C=O) groups is 2. The van der Waals surface area contributed by atoms with Crippen LogP contribution in [-0.2, 0) is 14.3 Å². The van der Waals surface area contributed by atoms with E-state index in [0.717, 1.165) is 54.8 Å². The van der Waals surface area contributed by atoms with Crippen LogP contribution in [0.25, 0.3) is 0 Å². The number of ketones is 1. The molecule has 2 aliphatic carbocycles. The Morgan fingerprint density at radius 2 is 1.74 bits per heavy atom. The van der Waals surface area contributed by atoms with Crippen molar-refractivity contribution in [3.63, 3.8) is 0 Å². The van der Waals surface area contributed by atoms with Crippen molar-refractivity contribution in [2.45, 2.75) is 77.7 Å². The van der Waals surface area contributed by atoms with Crippen LogP contribution in [0.2, 0.25) is 0 Å². The number of nitrogens with one attached hydrogen (secondary N) is 1. The van der Waals surface area contributed by atoms with E-state index < -0.39 is 5.92 Å². The zero-order chi connectivity index (χ0) is 22.2. The van der Waals surface area contributed by atoms with Gasteiger partial charge in [0.2, 0.25) is 0 Å². The number of dihydropyridines is 1. The molecule has 0 spiro atoms. The lowest BCUT2D eigenvalue weighted by Crippen LogP contribution is -2.39. The smallest absolute Gasteiger partial charge is 0.337 e. The molecule has 3 aliphatic rings. The summed E-state index contributed by atoms with van der Waals surface area (Å²) in [5.74, 6) is 0.133. The van der Waals surface area contributed by atoms with Crippen LogP contribution in [0.5, 0.6) is 5.75 Å². The maximum Gasteiger partial charge on any atom is 0.337 e. The summed E-state index contributed by atoms with van der Waals surface area (Å²) in [7, 11) is 1.63. The van der Waals surface area contributed by atoms with Crippen LogP contribution in [0.3, 0.4) is 0 Å². The Morgan fingerprint density at radius 3 is 2.39 bits per heavy atom. The predicted molar refractivity (Wildman–Crippen MR) is 120 cm³/mol. The van der Waals surface area contributed by atoms with Crippen LogP contribution in [0.15, 0.2) is 46.8 Å². The Labute approximate surface area is 184 Å². The molecule has 5 nitrogen and oxygen atoms in total. The number of allylic oxidation sites excluding steroid dienone is 3. The summed E-state index contributed by atoms with van der Waals surface area (Å²) in [6, 6.07) is 7.67. The van der Waals surface area contributed by atoms with E-state index in [1.807, 2.05) is 31.2 Å². The molecule has 1 fully saturated rings. The van der Waals surface area contributed by atoms with E-state index in [0.29, 0.717) is 17.6 Å². The monoisotopic (exact) mass is 423 g/mol. The fourth-order valence-electron chi connectivity index (χ4n) is 5.23. The van der Waals surface area contributed by atoms with Crippen LogP contribution in [0, 0.1) is 5.41 Å². The number of methoxy groups -OCH3 is 1. The highest BCUT2D eigenvalue weighted by molar-refractivity contribution is 6.04. The van der Waals surface area contributed by atoms with E-state index in [2.05, 4.69) is 19.2 Å². The summed E-state index contributed by atoms with van der Waals surface area (Å²) in [6.45, 7) is 6.15. The van der Waals surface area contributed by atoms with E-state index in [1.54, 1.807) is 7.11 Å². The third kappa shape index (κ3) is 4.41. The zero-order valence-corrected chi connectivity index (χ0v) is 19.0. The summed E-state index contributed by atoms with van der Waals surface area (Å²) in [5.41, 5.74) is 3.80. The number of benzene rings is 1. The minimum Gasteiger partial charge on any atom is -0.497 e. The molecule has 4 rings (SSSR count). The molecule has 166 valence electrons. The summed E-state index contributed by atoms with van der Waals surface area (Å²) in [6.07, 6.45) is 6.45. The van der Waals surface area contributed by atoms with E-state index in [9.17, 15) is 9.59 Å². The first kappa shape index (κ1) is 21.7. The van der Waals surface area contributed by atoms with E-state index in [1.165, 1.54) is 6.42 Å². The molecule has 5 heteroatoms. The Bertz CT molecular complexity index is 933. The standard InChI is InChI=1S/C26H33NO4/c1-16-22(25(29)31-19-8-6-5-7-9-19)23(17-10-12-18(30-4)13-11-17)24-20(27-16)14-26(2,3)15-21(24)28/h10-13,19,23,27H,5-9,14-15H2,1-4H3/t23-/m1/s1. The highest BCUT2D eigenvalue weighted by Gasteiger charge is 2.43. The predicted octanol–water partition coefficient (Wildman–Crippen LogP) is 5.18. The molecule has 0 unspecified atom stereocenters. The number of hydrogen-bond donors (Lipinski definition) is 1. The van der Waals surface area contributed by atoms with Gasteiger partial charge < -0.3 is 14.8 Å². The second-order valence-corrected chi connectivity index (χ2v) is 9.87. The zero-order valence-electron chi connectivity index (χ0n) is 19.0. The Kier molecular flexibility index (Phi) is 5.96. The maximum atomic E-state index is 13.4. The second kappa shape index (κ2) is 8.52. The number of Topliss-reactive ketones (excluding diaryl/α,β-unsaturated/α-hetero) is 1. The molecular formula is C26H33NO4. The first-order valence-corrected chi connectivity index (χ1v) is 11.4. The minimum absolute atomic E-state index is 0.0329. The van der Waals surface area contributed by atoms with Crippen molar-refractivity contribution in [3.05, 3.63) is 52.4 Å². The second-order valence-electron chi connectivity index (χ2n) is 9.87. The third-order valence-electron chi connectivity index (χ3n) is 6.73. The normalized spacial score (nSPS) is 23.9. The molecule has 0 aromatic heterocycles. The van der Waals surface area contributed by atoms with Crippen LogP contribution in [0.4, 0.5) is 0 Å². The van der Waals surface area contributed by atoms with Crippen molar-refractivity contribution in [2.75, 3.05) is 7.11 Å². The van der Waals surface area contributed by atoms with Gasteiger partial charge in [-0.1, -0.05) is 32.4 Å². The van der Waals surface area contributed by atoms with Crippen LogP contribution >= 0.6 is 0 Å². The number of rotatable bonds is 4. The molecule has 31 heavy (non-hydrogen) atoms. The first-order chi connectivity index (χ1) is 14.8. The lowest BCUT2D eigenvalue weighted by Gasteiger charge is -2.39. The highest BCUT2D eigenvalue weighted by Crippen LogP contribution is 2.47. The Morgan fingerprint density at radius 1 is 1.06 bits per heavy atom. The molecule has 1 N–H and O–H groups in total. The Hall–Kier alpha value is -2.56. The molecule has 1 aromatic carbocycles. The molecule has 1 saturated carbocycles. The first-order valence-electron chi connectivity index (χ1n) is 11.4. The van der Waals surface area contributed by atoms with Crippen LogP contribution in [0.1, 0.15) is 77.2 Å². The molecule has 1 aliphatic heterocycles. The number of carbonyl (C=O) groups excluding carboxylic acids is 2. The van der Waals surface area contributed by atoms with Gasteiger partial charge in [-0.3, -0.25) is 4.79 Å². The number of hydrogen-bond acceptors (Lipinski definition) is 5. The van der Waals surface area contributed by atoms with Gasteiger partial charge >= 0.3 is 5.97 Å². The van der Waals surface area contributed by atoms with Crippen molar-refractivity contribution < 1.29 is 19.1 Å². The van der Waals surface area contributed by atoms with Crippen molar-refractivity contribution in [1.82, 2.24) is 5.32 Å². The molecule has 0 bridgehead atoms. The van der Waals surface area contributed by atoms with E-state index in [4.69, 9.17) is 9.47 Å². The average molecular weight is 424 g/mol. The van der Waals surface area contributed by atoms with Crippen molar-refractivity contribution >= 4 is 11.8 Å². The van der Waals surface area contributed by atoms with Gasteiger partial charge in [-0.05, 0) is 62.1 Å². The Balaban J connectivity index is 1.75. The van der Waals surface area contributed by atoms with Gasteiger partial charge in [0.15, 0.2) is 5.78 Å². The maximum absolute atomic E-state index is 13.4. The SMILES string of the molecule is COc1ccc([C@@H]2C(C(=O)OC3CCCCC3)=C(C)NC3=C2C(=O)CC(C)(C)C3)cc1. The third-order valence-corrected chi connectivity index (χ3v) is 6.73. The van der Waals surface area contributed by atoms with E-state index >= 15 is 0 Å². The molecule has 1 aromatic rings. The molecule has 1 atom stereocenters. The van der Waals surface area contributed by atoms with Gasteiger partial charge in [0.1, 0.15) is 11.9 Å². The summed E-state index contributed by atoms with van der Waals surface area (Å²) in [4.78, 5) is 26.7. The quantitative estimate of drug-likeness (QED) is 0.677. The summed E-state index contributed by atoms with van der Waals surface area (Å²) >= 11 is 0. The summed E-state index contributed by atoms with van der Waals surface area (Å²) in [5, 5.41) is 3.41.